The van der Waals surface area contributed by atoms with Gasteiger partial charge in [-0.2, -0.15) is 0 Å². The molecule has 0 radical (unpaired) electrons. The maximum absolute atomic E-state index is 14.6. The van der Waals surface area contributed by atoms with Crippen molar-refractivity contribution in [3.05, 3.63) is 65.0 Å². The summed E-state index contributed by atoms with van der Waals surface area (Å²) >= 11 is 0. The highest BCUT2D eigenvalue weighted by Crippen LogP contribution is 2.43. The van der Waals surface area contributed by atoms with Crippen molar-refractivity contribution in [2.75, 3.05) is 13.2 Å². The van der Waals surface area contributed by atoms with Crippen LogP contribution in [-0.2, 0) is 11.2 Å². The molecule has 0 bridgehead atoms. The summed E-state index contributed by atoms with van der Waals surface area (Å²) in [6.07, 6.45) is -5.74. The molecule has 0 aromatic heterocycles. The van der Waals surface area contributed by atoms with Gasteiger partial charge in [-0.05, 0) is 53.8 Å². The molecule has 4 rings (SSSR count). The quantitative estimate of drug-likeness (QED) is 0.455. The van der Waals surface area contributed by atoms with Crippen LogP contribution >= 0.6 is 0 Å². The Balaban J connectivity index is 1.41. The molecule has 2 aromatic carbocycles. The number of aliphatic hydroxyl groups is 4. The second-order valence-corrected chi connectivity index (χ2v) is 10.4. The molecule has 1 heterocycles. The summed E-state index contributed by atoms with van der Waals surface area (Å²) in [5.41, 5.74) is 1.26. The van der Waals surface area contributed by atoms with E-state index in [4.69, 9.17) is 9.47 Å². The standard InChI is InChI=1S/C27H33F3O6/c1-26(8-10-27(29,30)11-9-26)15-35-19-5-2-16(3-6-19)12-18-13-17(4-7-20(18)28)25-24(34)23(33)22(32)21(14-31)36-25/h2-7,13,21-25,31-34H,8-12,14-15H2,1H3/t21-,22-,23+,24-,25+/m1/s1. The smallest absolute Gasteiger partial charge is 0.248 e. The summed E-state index contributed by atoms with van der Waals surface area (Å²) in [6, 6.07) is 11.3. The first-order valence-electron chi connectivity index (χ1n) is 12.2. The van der Waals surface area contributed by atoms with Crippen LogP contribution in [0.25, 0.3) is 0 Å². The van der Waals surface area contributed by atoms with Gasteiger partial charge in [-0.1, -0.05) is 25.1 Å². The fourth-order valence-electron chi connectivity index (χ4n) is 4.83. The zero-order valence-electron chi connectivity index (χ0n) is 20.1. The Morgan fingerprint density at radius 2 is 1.61 bits per heavy atom. The summed E-state index contributed by atoms with van der Waals surface area (Å²) in [6.45, 7) is 1.76. The van der Waals surface area contributed by atoms with E-state index in [1.807, 2.05) is 6.92 Å². The largest absolute Gasteiger partial charge is 0.493 e. The van der Waals surface area contributed by atoms with Gasteiger partial charge in [0.1, 0.15) is 42.1 Å². The Kier molecular flexibility index (Phi) is 7.97. The summed E-state index contributed by atoms with van der Waals surface area (Å²) in [7, 11) is 0. The first-order valence-corrected chi connectivity index (χ1v) is 12.2. The minimum Gasteiger partial charge on any atom is -0.493 e. The molecule has 6 nitrogen and oxygen atoms in total. The van der Waals surface area contributed by atoms with E-state index in [0.29, 0.717) is 36.3 Å². The van der Waals surface area contributed by atoms with E-state index >= 15 is 0 Å². The van der Waals surface area contributed by atoms with Crippen molar-refractivity contribution >= 4 is 0 Å². The zero-order chi connectivity index (χ0) is 26.1. The van der Waals surface area contributed by atoms with Crippen LogP contribution in [0.4, 0.5) is 13.2 Å². The van der Waals surface area contributed by atoms with Crippen LogP contribution in [0.2, 0.25) is 0 Å². The summed E-state index contributed by atoms with van der Waals surface area (Å²) in [5, 5.41) is 39.9. The third-order valence-electron chi connectivity index (χ3n) is 7.38. The lowest BCUT2D eigenvalue weighted by Gasteiger charge is -2.40. The molecule has 1 saturated heterocycles. The number of aliphatic hydroxyl groups excluding tert-OH is 4. The number of hydrogen-bond acceptors (Lipinski definition) is 6. The van der Waals surface area contributed by atoms with Crippen LogP contribution in [0.1, 0.15) is 55.4 Å². The van der Waals surface area contributed by atoms with Gasteiger partial charge in [0.25, 0.3) is 0 Å². The van der Waals surface area contributed by atoms with Gasteiger partial charge < -0.3 is 29.9 Å². The Morgan fingerprint density at radius 1 is 0.944 bits per heavy atom. The van der Waals surface area contributed by atoms with Crippen molar-refractivity contribution < 1.29 is 43.1 Å². The van der Waals surface area contributed by atoms with Gasteiger partial charge in [-0.3, -0.25) is 0 Å². The van der Waals surface area contributed by atoms with Crippen LogP contribution in [0.5, 0.6) is 5.75 Å². The fourth-order valence-corrected chi connectivity index (χ4v) is 4.83. The van der Waals surface area contributed by atoms with Crippen molar-refractivity contribution in [1.82, 2.24) is 0 Å². The second kappa shape index (κ2) is 10.7. The first-order chi connectivity index (χ1) is 17.0. The number of rotatable bonds is 7. The normalized spacial score (nSPS) is 29.6. The molecule has 2 fully saturated rings. The molecule has 2 aliphatic rings. The maximum Gasteiger partial charge on any atom is 0.248 e. The van der Waals surface area contributed by atoms with E-state index in [1.165, 1.54) is 18.2 Å². The van der Waals surface area contributed by atoms with E-state index < -0.39 is 48.9 Å². The lowest BCUT2D eigenvalue weighted by Crippen LogP contribution is -2.55. The minimum atomic E-state index is -2.59. The molecule has 0 amide bonds. The molecule has 0 unspecified atom stereocenters. The Bertz CT molecular complexity index is 1020. The first kappa shape index (κ1) is 26.9. The molecule has 5 atom stereocenters. The molecular weight excluding hydrogens is 477 g/mol. The number of hydrogen-bond donors (Lipinski definition) is 4. The Labute approximate surface area is 208 Å². The summed E-state index contributed by atoms with van der Waals surface area (Å²) in [4.78, 5) is 0. The number of benzene rings is 2. The molecule has 1 aliphatic carbocycles. The third kappa shape index (κ3) is 6.03. The van der Waals surface area contributed by atoms with Crippen molar-refractivity contribution in [3.8, 4) is 5.75 Å². The highest BCUT2D eigenvalue weighted by Gasteiger charge is 2.44. The minimum absolute atomic E-state index is 0.125. The topological polar surface area (TPSA) is 99.4 Å². The maximum atomic E-state index is 14.6. The van der Waals surface area contributed by atoms with Gasteiger partial charge in [-0.15, -0.1) is 0 Å². The van der Waals surface area contributed by atoms with E-state index in [9.17, 15) is 33.6 Å². The van der Waals surface area contributed by atoms with Gasteiger partial charge in [0.05, 0.1) is 13.2 Å². The van der Waals surface area contributed by atoms with Crippen LogP contribution < -0.4 is 4.74 Å². The average Bonchev–Trinajstić information content (AvgIpc) is 2.86. The van der Waals surface area contributed by atoms with E-state index in [1.54, 1.807) is 24.3 Å². The average molecular weight is 511 g/mol. The second-order valence-electron chi connectivity index (χ2n) is 10.4. The van der Waals surface area contributed by atoms with Crippen LogP contribution in [0.15, 0.2) is 42.5 Å². The highest BCUT2D eigenvalue weighted by molar-refractivity contribution is 5.35. The summed E-state index contributed by atoms with van der Waals surface area (Å²) < 4.78 is 53.0. The van der Waals surface area contributed by atoms with Gasteiger partial charge >= 0.3 is 0 Å². The molecular formula is C27H33F3O6. The van der Waals surface area contributed by atoms with E-state index in [-0.39, 0.29) is 24.7 Å². The van der Waals surface area contributed by atoms with Gasteiger partial charge in [0.15, 0.2) is 0 Å². The Hall–Kier alpha value is -2.17. The SMILES string of the molecule is CC1(COc2ccc(Cc3cc([C@@H]4O[C@H](CO)[C@@H](O)[C@H](O)[C@H]4O)ccc3F)cc2)CCC(F)(F)CC1. The van der Waals surface area contributed by atoms with Crippen molar-refractivity contribution in [2.45, 2.75) is 75.5 Å². The fraction of sp³-hybridized carbons (Fsp3) is 0.556. The molecule has 1 aliphatic heterocycles. The van der Waals surface area contributed by atoms with Crippen molar-refractivity contribution in [1.29, 1.82) is 0 Å². The van der Waals surface area contributed by atoms with Crippen LogP contribution in [-0.4, -0.2) is 64.0 Å². The molecule has 2 aromatic rings. The molecule has 9 heteroatoms. The predicted octanol–water partition coefficient (Wildman–Crippen LogP) is 3.53. The van der Waals surface area contributed by atoms with E-state index in [0.717, 1.165) is 5.56 Å². The van der Waals surface area contributed by atoms with E-state index in [2.05, 4.69) is 0 Å². The van der Waals surface area contributed by atoms with Gasteiger partial charge in [-0.25, -0.2) is 13.2 Å². The van der Waals surface area contributed by atoms with Crippen LogP contribution in [0.3, 0.4) is 0 Å². The zero-order valence-corrected chi connectivity index (χ0v) is 20.1. The lowest BCUT2D eigenvalue weighted by atomic mass is 9.75. The van der Waals surface area contributed by atoms with Gasteiger partial charge in [0, 0.05) is 24.7 Å². The molecule has 4 N–H and O–H groups in total. The van der Waals surface area contributed by atoms with Crippen LogP contribution in [0, 0.1) is 11.2 Å². The lowest BCUT2D eigenvalue weighted by molar-refractivity contribution is -0.231. The van der Waals surface area contributed by atoms with Crippen molar-refractivity contribution in [3.63, 3.8) is 0 Å². The Morgan fingerprint density at radius 3 is 2.25 bits per heavy atom. The van der Waals surface area contributed by atoms with Gasteiger partial charge in [0.2, 0.25) is 5.92 Å². The number of ether oxygens (including phenoxy) is 2. The molecule has 36 heavy (non-hydrogen) atoms. The number of alkyl halides is 2. The number of halogens is 3. The van der Waals surface area contributed by atoms with Crippen molar-refractivity contribution in [2.24, 2.45) is 5.41 Å². The highest BCUT2D eigenvalue weighted by atomic mass is 19.3. The molecule has 1 saturated carbocycles. The monoisotopic (exact) mass is 510 g/mol. The third-order valence-corrected chi connectivity index (χ3v) is 7.38. The summed E-state index contributed by atoms with van der Waals surface area (Å²) in [5.74, 6) is -2.44. The molecule has 198 valence electrons. The molecule has 0 spiro atoms. The predicted molar refractivity (Wildman–Crippen MR) is 125 cm³/mol.